The van der Waals surface area contributed by atoms with Crippen LogP contribution in [0, 0.1) is 0 Å². The van der Waals surface area contributed by atoms with Crippen molar-refractivity contribution < 1.29 is 9.90 Å². The number of rotatable bonds is 2. The standard InChI is InChI=1S/C13H17NO3/c1-8(2)14-7-9-5-3-4-6-10(9)11(12(14)15)13(16)17/h7-8H,3-6H2,1-2H3,(H,16,17). The van der Waals surface area contributed by atoms with Crippen molar-refractivity contribution in [1.82, 2.24) is 4.57 Å². The third-order valence-corrected chi connectivity index (χ3v) is 3.33. The molecule has 0 fully saturated rings. The van der Waals surface area contributed by atoms with Gasteiger partial charge in [-0.25, -0.2) is 4.79 Å². The monoisotopic (exact) mass is 235 g/mol. The van der Waals surface area contributed by atoms with Crippen LogP contribution >= 0.6 is 0 Å². The van der Waals surface area contributed by atoms with E-state index >= 15 is 0 Å². The van der Waals surface area contributed by atoms with E-state index in [1.807, 2.05) is 20.0 Å². The van der Waals surface area contributed by atoms with Crippen molar-refractivity contribution in [3.63, 3.8) is 0 Å². The van der Waals surface area contributed by atoms with Crippen molar-refractivity contribution in [2.24, 2.45) is 0 Å². The maximum atomic E-state index is 12.1. The molecule has 1 N–H and O–H groups in total. The van der Waals surface area contributed by atoms with E-state index in [1.54, 1.807) is 0 Å². The van der Waals surface area contributed by atoms with Gasteiger partial charge in [0, 0.05) is 12.2 Å². The highest BCUT2D eigenvalue weighted by Gasteiger charge is 2.23. The van der Waals surface area contributed by atoms with Crippen LogP contribution in [0.3, 0.4) is 0 Å². The summed E-state index contributed by atoms with van der Waals surface area (Å²) in [6.45, 7) is 3.78. The summed E-state index contributed by atoms with van der Waals surface area (Å²) in [4.78, 5) is 23.4. The zero-order chi connectivity index (χ0) is 12.6. The summed E-state index contributed by atoms with van der Waals surface area (Å²) in [5, 5.41) is 9.21. The van der Waals surface area contributed by atoms with Crippen molar-refractivity contribution >= 4 is 5.97 Å². The van der Waals surface area contributed by atoms with Crippen LogP contribution in [0.4, 0.5) is 0 Å². The molecular formula is C13H17NO3. The molecule has 0 saturated carbocycles. The lowest BCUT2D eigenvalue weighted by Crippen LogP contribution is -2.31. The molecule has 0 radical (unpaired) electrons. The molecule has 92 valence electrons. The fourth-order valence-electron chi connectivity index (χ4n) is 2.45. The van der Waals surface area contributed by atoms with Gasteiger partial charge < -0.3 is 9.67 Å². The average Bonchev–Trinajstić information content (AvgIpc) is 2.27. The number of pyridine rings is 1. The van der Waals surface area contributed by atoms with Gasteiger partial charge in [0.2, 0.25) is 0 Å². The first-order chi connectivity index (χ1) is 8.02. The van der Waals surface area contributed by atoms with Crippen LogP contribution in [0.2, 0.25) is 0 Å². The predicted octanol–water partition coefficient (Wildman–Crippen LogP) is 2.01. The summed E-state index contributed by atoms with van der Waals surface area (Å²) >= 11 is 0. The first kappa shape index (κ1) is 11.9. The number of hydrogen-bond acceptors (Lipinski definition) is 2. The third-order valence-electron chi connectivity index (χ3n) is 3.33. The van der Waals surface area contributed by atoms with Crippen molar-refractivity contribution in [2.45, 2.75) is 45.6 Å². The quantitative estimate of drug-likeness (QED) is 0.853. The molecule has 0 aromatic carbocycles. The van der Waals surface area contributed by atoms with Crippen LogP contribution < -0.4 is 5.56 Å². The molecule has 1 aliphatic carbocycles. The predicted molar refractivity (Wildman–Crippen MR) is 64.7 cm³/mol. The average molecular weight is 235 g/mol. The number of fused-ring (bicyclic) bond motifs is 1. The Kier molecular flexibility index (Phi) is 3.05. The molecule has 0 bridgehead atoms. The molecule has 0 atom stereocenters. The smallest absolute Gasteiger partial charge is 0.341 e. The largest absolute Gasteiger partial charge is 0.477 e. The topological polar surface area (TPSA) is 59.3 Å². The summed E-state index contributed by atoms with van der Waals surface area (Å²) in [5.74, 6) is -1.09. The molecule has 1 aliphatic rings. The van der Waals surface area contributed by atoms with Crippen molar-refractivity contribution in [1.29, 1.82) is 0 Å². The maximum Gasteiger partial charge on any atom is 0.341 e. The molecule has 4 nitrogen and oxygen atoms in total. The van der Waals surface area contributed by atoms with E-state index in [9.17, 15) is 14.7 Å². The Morgan fingerprint density at radius 3 is 2.59 bits per heavy atom. The number of nitrogens with zero attached hydrogens (tertiary/aromatic N) is 1. The molecule has 1 aromatic rings. The Hall–Kier alpha value is -1.58. The normalized spacial score (nSPS) is 14.8. The van der Waals surface area contributed by atoms with Gasteiger partial charge in [-0.1, -0.05) is 0 Å². The number of hydrogen-bond donors (Lipinski definition) is 1. The number of carbonyl (C=O) groups is 1. The second-order valence-electron chi connectivity index (χ2n) is 4.83. The van der Waals surface area contributed by atoms with Gasteiger partial charge in [-0.15, -0.1) is 0 Å². The van der Waals surface area contributed by atoms with E-state index in [4.69, 9.17) is 0 Å². The van der Waals surface area contributed by atoms with Gasteiger partial charge in [-0.3, -0.25) is 4.79 Å². The highest BCUT2D eigenvalue weighted by atomic mass is 16.4. The summed E-state index contributed by atoms with van der Waals surface area (Å²) in [7, 11) is 0. The minimum Gasteiger partial charge on any atom is -0.477 e. The maximum absolute atomic E-state index is 12.1. The molecule has 0 aliphatic heterocycles. The van der Waals surface area contributed by atoms with Crippen molar-refractivity contribution in [3.05, 3.63) is 33.2 Å². The van der Waals surface area contributed by atoms with Crippen LogP contribution in [-0.4, -0.2) is 15.6 Å². The van der Waals surface area contributed by atoms with Crippen LogP contribution in [0.25, 0.3) is 0 Å². The molecule has 2 rings (SSSR count). The summed E-state index contributed by atoms with van der Waals surface area (Å²) in [6.07, 6.45) is 5.47. The number of carboxylic acid groups (broad SMARTS) is 1. The zero-order valence-corrected chi connectivity index (χ0v) is 10.2. The number of aromatic nitrogens is 1. The summed E-state index contributed by atoms with van der Waals surface area (Å²) in [6, 6.07) is -0.00664. The van der Waals surface area contributed by atoms with Crippen LogP contribution in [-0.2, 0) is 12.8 Å². The van der Waals surface area contributed by atoms with Gasteiger partial charge in [-0.05, 0) is 50.7 Å². The van der Waals surface area contributed by atoms with Crippen molar-refractivity contribution in [2.75, 3.05) is 0 Å². The summed E-state index contributed by atoms with van der Waals surface area (Å²) in [5.41, 5.74) is 1.40. The molecule has 0 spiro atoms. The van der Waals surface area contributed by atoms with Crippen LogP contribution in [0.5, 0.6) is 0 Å². The Morgan fingerprint density at radius 2 is 2.00 bits per heavy atom. The van der Waals surface area contributed by atoms with Gasteiger partial charge in [0.1, 0.15) is 5.56 Å². The lowest BCUT2D eigenvalue weighted by Gasteiger charge is -2.21. The molecule has 0 saturated heterocycles. The first-order valence-electron chi connectivity index (χ1n) is 6.02. The molecule has 4 heteroatoms. The van der Waals surface area contributed by atoms with E-state index in [0.717, 1.165) is 30.4 Å². The Morgan fingerprint density at radius 1 is 1.35 bits per heavy atom. The zero-order valence-electron chi connectivity index (χ0n) is 10.2. The molecular weight excluding hydrogens is 218 g/mol. The molecule has 1 heterocycles. The second-order valence-corrected chi connectivity index (χ2v) is 4.83. The molecule has 0 unspecified atom stereocenters. The van der Waals surface area contributed by atoms with Gasteiger partial charge in [0.25, 0.3) is 5.56 Å². The van der Waals surface area contributed by atoms with Crippen LogP contribution in [0.1, 0.15) is 54.2 Å². The Bertz CT molecular complexity index is 514. The number of aromatic carboxylic acids is 1. The number of aryl methyl sites for hydroxylation is 1. The fourth-order valence-corrected chi connectivity index (χ4v) is 2.45. The van der Waals surface area contributed by atoms with Crippen LogP contribution in [0.15, 0.2) is 11.0 Å². The Balaban J connectivity index is 2.74. The SMILES string of the molecule is CC(C)n1cc2c(c(C(=O)O)c1=O)CCCC2. The van der Waals surface area contributed by atoms with Crippen molar-refractivity contribution in [3.8, 4) is 0 Å². The van der Waals surface area contributed by atoms with Gasteiger partial charge in [0.15, 0.2) is 0 Å². The molecule has 0 amide bonds. The minimum atomic E-state index is -1.09. The Labute approximate surface area is 99.9 Å². The van der Waals surface area contributed by atoms with E-state index in [-0.39, 0.29) is 17.2 Å². The second kappa shape index (κ2) is 4.35. The fraction of sp³-hybridized carbons (Fsp3) is 0.538. The highest BCUT2D eigenvalue weighted by molar-refractivity contribution is 5.89. The highest BCUT2D eigenvalue weighted by Crippen LogP contribution is 2.23. The van der Waals surface area contributed by atoms with Gasteiger partial charge >= 0.3 is 5.97 Å². The van der Waals surface area contributed by atoms with E-state index in [1.165, 1.54) is 4.57 Å². The lowest BCUT2D eigenvalue weighted by atomic mass is 9.89. The minimum absolute atomic E-state index is 0.00664. The third kappa shape index (κ3) is 1.99. The summed E-state index contributed by atoms with van der Waals surface area (Å²) < 4.78 is 1.54. The number of carboxylic acids is 1. The van der Waals surface area contributed by atoms with E-state index < -0.39 is 5.97 Å². The van der Waals surface area contributed by atoms with Gasteiger partial charge in [0.05, 0.1) is 0 Å². The molecule has 1 aromatic heterocycles. The van der Waals surface area contributed by atoms with Gasteiger partial charge in [-0.2, -0.15) is 0 Å². The molecule has 17 heavy (non-hydrogen) atoms. The first-order valence-corrected chi connectivity index (χ1v) is 6.02. The lowest BCUT2D eigenvalue weighted by molar-refractivity contribution is 0.0692. The van der Waals surface area contributed by atoms with E-state index in [0.29, 0.717) is 6.42 Å². The van der Waals surface area contributed by atoms with E-state index in [2.05, 4.69) is 0 Å².